The first-order valence-electron chi connectivity index (χ1n) is 8.72. The van der Waals surface area contributed by atoms with Gasteiger partial charge in [0, 0.05) is 16.1 Å². The molecule has 0 spiro atoms. The molecule has 3 aromatic carbocycles. The lowest BCUT2D eigenvalue weighted by Gasteiger charge is -2.08. The second-order valence-corrected chi connectivity index (χ2v) is 6.40. The van der Waals surface area contributed by atoms with Gasteiger partial charge in [-0.25, -0.2) is 4.79 Å². The van der Waals surface area contributed by atoms with Crippen molar-refractivity contribution in [2.24, 2.45) is 10.9 Å². The van der Waals surface area contributed by atoms with E-state index in [1.54, 1.807) is 61.7 Å². The largest absolute Gasteiger partial charge is 0.497 e. The Morgan fingerprint density at radius 2 is 1.72 bits per heavy atom. The van der Waals surface area contributed by atoms with Crippen molar-refractivity contribution in [1.82, 2.24) is 0 Å². The van der Waals surface area contributed by atoms with Gasteiger partial charge in [-0.05, 0) is 42.5 Å². The quantitative estimate of drug-likeness (QED) is 0.270. The molecule has 148 valence electrons. The molecule has 7 heteroatoms. The van der Waals surface area contributed by atoms with E-state index in [4.69, 9.17) is 31.6 Å². The Balaban J connectivity index is 1.59. The van der Waals surface area contributed by atoms with E-state index in [-0.39, 0.29) is 5.84 Å². The van der Waals surface area contributed by atoms with Crippen LogP contribution in [0.3, 0.4) is 0 Å². The maximum Gasteiger partial charge on any atom is 0.365 e. The average molecular weight is 411 g/mol. The lowest BCUT2D eigenvalue weighted by atomic mass is 10.2. The summed E-state index contributed by atoms with van der Waals surface area (Å²) in [6, 6.07) is 20.9. The molecule has 0 amide bonds. The van der Waals surface area contributed by atoms with Gasteiger partial charge in [0.15, 0.2) is 5.84 Å². The third-order valence-corrected chi connectivity index (χ3v) is 4.40. The zero-order valence-electron chi connectivity index (χ0n) is 15.7. The van der Waals surface area contributed by atoms with Crippen molar-refractivity contribution in [1.29, 1.82) is 0 Å². The molecule has 0 atom stereocenters. The molecule has 0 aliphatic carbocycles. The number of methoxy groups -OCH3 is 1. The molecule has 0 saturated heterocycles. The molecule has 0 fully saturated rings. The van der Waals surface area contributed by atoms with Crippen LogP contribution in [0, 0.1) is 0 Å². The molecule has 0 heterocycles. The Kier molecular flexibility index (Phi) is 6.71. The number of nitrogens with two attached hydrogens (primary N) is 1. The Morgan fingerprint density at radius 3 is 2.45 bits per heavy atom. The summed E-state index contributed by atoms with van der Waals surface area (Å²) in [4.78, 5) is 17.1. The van der Waals surface area contributed by atoms with E-state index in [9.17, 15) is 4.79 Å². The Morgan fingerprint density at radius 1 is 0.966 bits per heavy atom. The summed E-state index contributed by atoms with van der Waals surface area (Å²) >= 11 is 6.11. The topological polar surface area (TPSA) is 83.1 Å². The fraction of sp³-hybridized carbons (Fsp3) is 0.0909. The number of carbonyl (C=O) groups excluding carboxylic acids is 1. The van der Waals surface area contributed by atoms with Crippen LogP contribution in [0.5, 0.6) is 11.5 Å². The highest BCUT2D eigenvalue weighted by Gasteiger charge is 2.09. The van der Waals surface area contributed by atoms with E-state index in [1.165, 1.54) is 0 Å². The van der Waals surface area contributed by atoms with E-state index in [1.807, 2.05) is 18.2 Å². The molecule has 0 saturated carbocycles. The highest BCUT2D eigenvalue weighted by Crippen LogP contribution is 2.19. The molecular formula is C22H19ClN2O4. The molecule has 6 nitrogen and oxygen atoms in total. The number of nitrogens with zero attached hydrogens (tertiary/aromatic N) is 1. The second-order valence-electron chi connectivity index (χ2n) is 5.99. The highest BCUT2D eigenvalue weighted by atomic mass is 35.5. The first-order valence-corrected chi connectivity index (χ1v) is 9.10. The van der Waals surface area contributed by atoms with E-state index in [0.29, 0.717) is 34.3 Å². The van der Waals surface area contributed by atoms with Crippen LogP contribution < -0.4 is 15.2 Å². The van der Waals surface area contributed by atoms with Crippen LogP contribution in [-0.2, 0) is 11.4 Å². The molecule has 29 heavy (non-hydrogen) atoms. The molecule has 2 N–H and O–H groups in total. The average Bonchev–Trinajstić information content (AvgIpc) is 2.77. The van der Waals surface area contributed by atoms with Crippen molar-refractivity contribution < 1.29 is 19.1 Å². The standard InChI is InChI=1S/C22H19ClN2O4/c1-27-19-7-4-6-16(13-19)21(24)25-29-22(26)15-9-11-18(12-10-15)28-14-17-5-2-3-8-20(17)23/h2-13H,14H2,1H3,(H2,24,25). The van der Waals surface area contributed by atoms with Crippen molar-refractivity contribution >= 4 is 23.4 Å². The first kappa shape index (κ1) is 20.2. The molecule has 0 unspecified atom stereocenters. The third kappa shape index (κ3) is 5.49. The van der Waals surface area contributed by atoms with Gasteiger partial charge >= 0.3 is 5.97 Å². The van der Waals surface area contributed by atoms with E-state index in [2.05, 4.69) is 5.16 Å². The molecule has 3 aromatic rings. The molecular weight excluding hydrogens is 392 g/mol. The zero-order chi connectivity index (χ0) is 20.6. The number of halogens is 1. The van der Waals surface area contributed by atoms with Crippen molar-refractivity contribution in [3.05, 3.63) is 94.5 Å². The predicted octanol–water partition coefficient (Wildman–Crippen LogP) is 4.40. The minimum absolute atomic E-state index is 0.0666. The molecule has 0 aromatic heterocycles. The monoisotopic (exact) mass is 410 g/mol. The van der Waals surface area contributed by atoms with Crippen molar-refractivity contribution in [3.63, 3.8) is 0 Å². The molecule has 0 radical (unpaired) electrons. The Labute approximate surface area is 173 Å². The van der Waals surface area contributed by atoms with Gasteiger partial charge in [0.25, 0.3) is 0 Å². The molecule has 0 aliphatic rings. The lowest BCUT2D eigenvalue weighted by molar-refractivity contribution is 0.0516. The lowest BCUT2D eigenvalue weighted by Crippen LogP contribution is -2.15. The van der Waals surface area contributed by atoms with Crippen LogP contribution in [0.2, 0.25) is 5.02 Å². The zero-order valence-corrected chi connectivity index (χ0v) is 16.4. The van der Waals surface area contributed by atoms with Crippen LogP contribution >= 0.6 is 11.6 Å². The van der Waals surface area contributed by atoms with Crippen LogP contribution in [-0.4, -0.2) is 18.9 Å². The second kappa shape index (κ2) is 9.61. The van der Waals surface area contributed by atoms with Crippen LogP contribution in [0.1, 0.15) is 21.5 Å². The van der Waals surface area contributed by atoms with E-state index < -0.39 is 5.97 Å². The summed E-state index contributed by atoms with van der Waals surface area (Å²) < 4.78 is 10.8. The molecule has 0 aliphatic heterocycles. The van der Waals surface area contributed by atoms with E-state index >= 15 is 0 Å². The van der Waals surface area contributed by atoms with Gasteiger partial charge in [0.2, 0.25) is 0 Å². The number of carbonyl (C=O) groups is 1. The van der Waals surface area contributed by atoms with Gasteiger partial charge in [-0.2, -0.15) is 0 Å². The fourth-order valence-electron chi connectivity index (χ4n) is 2.44. The van der Waals surface area contributed by atoms with Gasteiger partial charge in [-0.3, -0.25) is 0 Å². The predicted molar refractivity (Wildman–Crippen MR) is 111 cm³/mol. The minimum Gasteiger partial charge on any atom is -0.497 e. The van der Waals surface area contributed by atoms with Crippen LogP contribution in [0.15, 0.2) is 78.0 Å². The molecule has 3 rings (SSSR count). The Hall–Kier alpha value is -3.51. The highest BCUT2D eigenvalue weighted by molar-refractivity contribution is 6.31. The first-order chi connectivity index (χ1) is 14.1. The van der Waals surface area contributed by atoms with Crippen LogP contribution in [0.4, 0.5) is 0 Å². The smallest absolute Gasteiger partial charge is 0.365 e. The minimum atomic E-state index is -0.631. The number of hydrogen-bond donors (Lipinski definition) is 1. The fourth-order valence-corrected chi connectivity index (χ4v) is 2.63. The van der Waals surface area contributed by atoms with Crippen LogP contribution in [0.25, 0.3) is 0 Å². The van der Waals surface area contributed by atoms with Gasteiger partial charge in [0.1, 0.15) is 18.1 Å². The van der Waals surface area contributed by atoms with E-state index in [0.717, 1.165) is 5.56 Å². The third-order valence-electron chi connectivity index (χ3n) is 4.03. The number of hydrogen-bond acceptors (Lipinski definition) is 5. The molecule has 0 bridgehead atoms. The van der Waals surface area contributed by atoms with Crippen molar-refractivity contribution in [2.75, 3.05) is 7.11 Å². The number of ether oxygens (including phenoxy) is 2. The van der Waals surface area contributed by atoms with Gasteiger partial charge in [-0.1, -0.05) is 47.1 Å². The number of amidine groups is 1. The summed E-state index contributed by atoms with van der Waals surface area (Å²) in [6.07, 6.45) is 0. The Bertz CT molecular complexity index is 1020. The normalized spacial score (nSPS) is 11.0. The summed E-state index contributed by atoms with van der Waals surface area (Å²) in [5.74, 6) is 0.658. The van der Waals surface area contributed by atoms with Gasteiger partial charge in [-0.15, -0.1) is 0 Å². The summed E-state index contributed by atoms with van der Waals surface area (Å²) in [5, 5.41) is 4.34. The van der Waals surface area contributed by atoms with Crippen molar-refractivity contribution in [3.8, 4) is 11.5 Å². The maximum atomic E-state index is 12.2. The van der Waals surface area contributed by atoms with Crippen molar-refractivity contribution in [2.45, 2.75) is 6.61 Å². The summed E-state index contributed by atoms with van der Waals surface area (Å²) in [5.41, 5.74) is 7.64. The number of rotatable bonds is 7. The maximum absolute atomic E-state index is 12.2. The van der Waals surface area contributed by atoms with Gasteiger partial charge < -0.3 is 20.0 Å². The van der Waals surface area contributed by atoms with Gasteiger partial charge in [0.05, 0.1) is 12.7 Å². The SMILES string of the molecule is COc1cccc(/C(N)=N\OC(=O)c2ccc(OCc3ccccc3Cl)cc2)c1. The summed E-state index contributed by atoms with van der Waals surface area (Å²) in [6.45, 7) is 0.324. The summed E-state index contributed by atoms with van der Waals surface area (Å²) in [7, 11) is 1.55. The number of benzene rings is 3. The number of oxime groups is 1.